The molecule has 6 nitrogen and oxygen atoms in total. The van der Waals surface area contributed by atoms with Crippen LogP contribution in [0, 0.1) is 6.92 Å². The molecule has 1 N–H and O–H groups in total. The summed E-state index contributed by atoms with van der Waals surface area (Å²) < 4.78 is 1.42. The molecule has 82 valence electrons. The van der Waals surface area contributed by atoms with E-state index in [0.717, 1.165) is 5.69 Å². The zero-order valence-corrected chi connectivity index (χ0v) is 8.66. The third kappa shape index (κ3) is 2.05. The fourth-order valence-corrected chi connectivity index (χ4v) is 1.35. The Morgan fingerprint density at radius 1 is 1.44 bits per heavy atom. The highest BCUT2D eigenvalue weighted by Gasteiger charge is 2.09. The molecule has 2 aromatic rings. The number of hydrogen-bond acceptors (Lipinski definition) is 4. The third-order valence-corrected chi connectivity index (χ3v) is 2.09. The molecule has 0 spiro atoms. The van der Waals surface area contributed by atoms with Crippen molar-refractivity contribution in [3.8, 4) is 11.4 Å². The van der Waals surface area contributed by atoms with Crippen LogP contribution >= 0.6 is 0 Å². The normalized spacial score (nSPS) is 10.3. The van der Waals surface area contributed by atoms with Crippen LogP contribution in [0.1, 0.15) is 5.69 Å². The second kappa shape index (κ2) is 4.09. The van der Waals surface area contributed by atoms with Crippen molar-refractivity contribution in [2.45, 2.75) is 13.5 Å². The molecule has 0 amide bonds. The van der Waals surface area contributed by atoms with Crippen molar-refractivity contribution in [2.75, 3.05) is 0 Å². The van der Waals surface area contributed by atoms with Gasteiger partial charge in [-0.3, -0.25) is 19.4 Å². The lowest BCUT2D eigenvalue weighted by atomic mass is 10.3. The summed E-state index contributed by atoms with van der Waals surface area (Å²) in [5.41, 5.74) is 2.05. The average Bonchev–Trinajstić information content (AvgIpc) is 2.61. The second-order valence-electron chi connectivity index (χ2n) is 3.31. The van der Waals surface area contributed by atoms with E-state index in [4.69, 9.17) is 5.11 Å². The van der Waals surface area contributed by atoms with Crippen LogP contribution in [0.15, 0.2) is 24.7 Å². The molecule has 16 heavy (non-hydrogen) atoms. The van der Waals surface area contributed by atoms with Crippen molar-refractivity contribution in [3.63, 3.8) is 0 Å². The number of aliphatic carboxylic acids is 1. The van der Waals surface area contributed by atoms with E-state index >= 15 is 0 Å². The van der Waals surface area contributed by atoms with Crippen LogP contribution in [0.25, 0.3) is 11.4 Å². The highest BCUT2D eigenvalue weighted by atomic mass is 16.4. The highest BCUT2D eigenvalue weighted by Crippen LogP contribution is 2.14. The molecule has 0 aliphatic heterocycles. The van der Waals surface area contributed by atoms with E-state index in [2.05, 4.69) is 15.1 Å². The van der Waals surface area contributed by atoms with E-state index in [1.54, 1.807) is 31.6 Å². The number of hydrogen-bond donors (Lipinski definition) is 1. The van der Waals surface area contributed by atoms with Gasteiger partial charge in [-0.25, -0.2) is 0 Å². The molecule has 0 aliphatic rings. The molecule has 0 bridgehead atoms. The van der Waals surface area contributed by atoms with Gasteiger partial charge >= 0.3 is 5.97 Å². The number of carboxylic acid groups (broad SMARTS) is 1. The monoisotopic (exact) mass is 218 g/mol. The van der Waals surface area contributed by atoms with Gasteiger partial charge in [0.05, 0.1) is 6.20 Å². The number of carbonyl (C=O) groups is 1. The van der Waals surface area contributed by atoms with Crippen LogP contribution in [0.5, 0.6) is 0 Å². The first-order valence-electron chi connectivity index (χ1n) is 4.69. The van der Waals surface area contributed by atoms with Gasteiger partial charge in [0, 0.05) is 18.1 Å². The first-order valence-corrected chi connectivity index (χ1v) is 4.69. The quantitative estimate of drug-likeness (QED) is 0.821. The lowest BCUT2D eigenvalue weighted by molar-refractivity contribution is -0.137. The van der Waals surface area contributed by atoms with Crippen molar-refractivity contribution in [2.24, 2.45) is 0 Å². The van der Waals surface area contributed by atoms with Gasteiger partial charge in [0.1, 0.15) is 17.9 Å². The summed E-state index contributed by atoms with van der Waals surface area (Å²) in [7, 11) is 0. The number of rotatable bonds is 3. The fraction of sp³-hybridized carbons (Fsp3) is 0.200. The van der Waals surface area contributed by atoms with Crippen molar-refractivity contribution in [1.82, 2.24) is 19.7 Å². The lowest BCUT2D eigenvalue weighted by Crippen LogP contribution is -2.11. The summed E-state index contributed by atoms with van der Waals surface area (Å²) in [5, 5.41) is 12.8. The summed E-state index contributed by atoms with van der Waals surface area (Å²) in [6.07, 6.45) is 4.73. The Bertz CT molecular complexity index is 507. The predicted octanol–water partition coefficient (Wildman–Crippen LogP) is 0.733. The summed E-state index contributed by atoms with van der Waals surface area (Å²) >= 11 is 0. The van der Waals surface area contributed by atoms with Gasteiger partial charge in [-0.05, 0) is 13.0 Å². The van der Waals surface area contributed by atoms with Gasteiger partial charge < -0.3 is 5.11 Å². The third-order valence-electron chi connectivity index (χ3n) is 2.09. The standard InChI is InChI=1S/C10H10N4O2/c1-7-4-8(9-5-11-2-3-12-9)13-14(7)6-10(15)16/h2-5H,6H2,1H3,(H,15,16). The van der Waals surface area contributed by atoms with E-state index in [1.807, 2.05) is 0 Å². The summed E-state index contributed by atoms with van der Waals surface area (Å²) in [6.45, 7) is 1.65. The van der Waals surface area contributed by atoms with Crippen molar-refractivity contribution >= 4 is 5.97 Å². The molecular weight excluding hydrogens is 208 g/mol. The van der Waals surface area contributed by atoms with E-state index in [-0.39, 0.29) is 6.54 Å². The summed E-state index contributed by atoms with van der Waals surface area (Å²) in [6, 6.07) is 1.78. The number of carboxylic acids is 1. The van der Waals surface area contributed by atoms with Crippen LogP contribution in [0.2, 0.25) is 0 Å². The maximum absolute atomic E-state index is 10.6. The highest BCUT2D eigenvalue weighted by molar-refractivity contribution is 5.66. The Kier molecular flexibility index (Phi) is 2.63. The molecule has 0 saturated carbocycles. The number of nitrogens with zero attached hydrogens (tertiary/aromatic N) is 4. The SMILES string of the molecule is Cc1cc(-c2cnccn2)nn1CC(=O)O. The zero-order chi connectivity index (χ0) is 11.5. The minimum Gasteiger partial charge on any atom is -0.480 e. The fourth-order valence-electron chi connectivity index (χ4n) is 1.35. The molecular formula is C10H10N4O2. The first-order chi connectivity index (χ1) is 7.66. The van der Waals surface area contributed by atoms with Crippen molar-refractivity contribution < 1.29 is 9.90 Å². The van der Waals surface area contributed by atoms with E-state index < -0.39 is 5.97 Å². The Morgan fingerprint density at radius 3 is 2.88 bits per heavy atom. The van der Waals surface area contributed by atoms with Gasteiger partial charge in [0.15, 0.2) is 0 Å². The molecule has 2 heterocycles. The van der Waals surface area contributed by atoms with Gasteiger partial charge in [0.25, 0.3) is 0 Å². The largest absolute Gasteiger partial charge is 0.480 e. The molecule has 0 unspecified atom stereocenters. The minimum absolute atomic E-state index is 0.147. The van der Waals surface area contributed by atoms with Crippen molar-refractivity contribution in [1.29, 1.82) is 0 Å². The Morgan fingerprint density at radius 2 is 2.25 bits per heavy atom. The van der Waals surface area contributed by atoms with Crippen molar-refractivity contribution in [3.05, 3.63) is 30.4 Å². The van der Waals surface area contributed by atoms with Gasteiger partial charge in [-0.1, -0.05) is 0 Å². The molecule has 2 rings (SSSR count). The van der Waals surface area contributed by atoms with Gasteiger partial charge in [-0.2, -0.15) is 5.10 Å². The zero-order valence-electron chi connectivity index (χ0n) is 8.66. The number of aromatic nitrogens is 4. The molecule has 0 radical (unpaired) electrons. The smallest absolute Gasteiger partial charge is 0.325 e. The summed E-state index contributed by atoms with van der Waals surface area (Å²) in [4.78, 5) is 18.6. The molecule has 0 aliphatic carbocycles. The van der Waals surface area contributed by atoms with Gasteiger partial charge in [0.2, 0.25) is 0 Å². The van der Waals surface area contributed by atoms with Gasteiger partial charge in [-0.15, -0.1) is 0 Å². The van der Waals surface area contributed by atoms with E-state index in [9.17, 15) is 4.79 Å². The molecule has 0 aromatic carbocycles. The number of aryl methyl sites for hydroxylation is 1. The topological polar surface area (TPSA) is 80.9 Å². The molecule has 2 aromatic heterocycles. The second-order valence-corrected chi connectivity index (χ2v) is 3.31. The van der Waals surface area contributed by atoms with Crippen LogP contribution in [0.4, 0.5) is 0 Å². The molecule has 0 saturated heterocycles. The van der Waals surface area contributed by atoms with Crippen LogP contribution in [-0.2, 0) is 11.3 Å². The Balaban J connectivity index is 2.34. The molecule has 0 fully saturated rings. The van der Waals surface area contributed by atoms with Crippen LogP contribution in [0.3, 0.4) is 0 Å². The Labute approximate surface area is 91.6 Å². The van der Waals surface area contributed by atoms with E-state index in [1.165, 1.54) is 4.68 Å². The van der Waals surface area contributed by atoms with E-state index in [0.29, 0.717) is 11.4 Å². The average molecular weight is 218 g/mol. The molecule has 6 heteroatoms. The summed E-state index contributed by atoms with van der Waals surface area (Å²) in [5.74, 6) is -0.920. The maximum Gasteiger partial charge on any atom is 0.325 e. The first kappa shape index (κ1) is 10.3. The lowest BCUT2D eigenvalue weighted by Gasteiger charge is -1.98. The maximum atomic E-state index is 10.6. The molecule has 0 atom stereocenters. The minimum atomic E-state index is -0.920. The van der Waals surface area contributed by atoms with Crippen LogP contribution in [-0.4, -0.2) is 30.8 Å². The Hall–Kier alpha value is -2.24. The predicted molar refractivity (Wildman–Crippen MR) is 55.6 cm³/mol. The van der Waals surface area contributed by atoms with Crippen LogP contribution < -0.4 is 0 Å².